The molecular weight excluding hydrogens is 266 g/mol. The molecule has 1 aromatic heterocycles. The molecule has 1 heterocycles. The van der Waals surface area contributed by atoms with Crippen LogP contribution in [-0.2, 0) is 6.54 Å². The van der Waals surface area contributed by atoms with Crippen LogP contribution in [0.1, 0.15) is 25.7 Å². The third-order valence-electron chi connectivity index (χ3n) is 3.93. The molecule has 3 atom stereocenters. The van der Waals surface area contributed by atoms with Gasteiger partial charge in [-0.05, 0) is 40.6 Å². The van der Waals surface area contributed by atoms with Gasteiger partial charge in [-0.1, -0.05) is 12.8 Å². The number of rotatable bonds is 4. The molecule has 0 radical (unpaired) electrons. The number of aromatic nitrogens is 2. The first kappa shape index (κ1) is 10.8. The van der Waals surface area contributed by atoms with E-state index in [2.05, 4.69) is 26.3 Å². The van der Waals surface area contributed by atoms with E-state index in [-0.39, 0.29) is 0 Å². The van der Waals surface area contributed by atoms with Gasteiger partial charge < -0.3 is 5.32 Å². The number of fused-ring (bicyclic) bond motifs is 1. The van der Waals surface area contributed by atoms with Crippen LogP contribution in [0.2, 0.25) is 0 Å². The summed E-state index contributed by atoms with van der Waals surface area (Å²) in [5.41, 5.74) is 0. The van der Waals surface area contributed by atoms with Crippen LogP contribution in [0.4, 0.5) is 0 Å². The maximum atomic E-state index is 4.26. The fraction of sp³-hybridized carbons (Fsp3) is 0.750. The molecule has 0 spiro atoms. The largest absolute Gasteiger partial charge is 0.312 e. The average Bonchev–Trinajstić information content (AvgIpc) is 2.96. The average molecular weight is 284 g/mol. The van der Waals surface area contributed by atoms with E-state index in [1.165, 1.54) is 25.7 Å². The first-order valence-electron chi connectivity index (χ1n) is 6.24. The van der Waals surface area contributed by atoms with Crippen molar-refractivity contribution in [3.63, 3.8) is 0 Å². The van der Waals surface area contributed by atoms with E-state index in [1.54, 1.807) is 0 Å². The van der Waals surface area contributed by atoms with E-state index >= 15 is 0 Å². The van der Waals surface area contributed by atoms with Crippen LogP contribution in [0.5, 0.6) is 0 Å². The van der Waals surface area contributed by atoms with Gasteiger partial charge in [-0.3, -0.25) is 4.68 Å². The zero-order valence-electron chi connectivity index (χ0n) is 9.40. The molecule has 4 heteroatoms. The standard InChI is InChI=1S/C12H18BrN3/c13-10-7-15-16(8-10)5-4-14-12-3-1-2-9-6-11(9)12/h7-9,11-12,14H,1-6H2/t9-,11+,12?/m1/s1. The van der Waals surface area contributed by atoms with Gasteiger partial charge in [-0.2, -0.15) is 5.10 Å². The zero-order chi connectivity index (χ0) is 11.0. The van der Waals surface area contributed by atoms with Gasteiger partial charge >= 0.3 is 0 Å². The second kappa shape index (κ2) is 4.49. The molecule has 16 heavy (non-hydrogen) atoms. The third-order valence-corrected chi connectivity index (χ3v) is 4.34. The van der Waals surface area contributed by atoms with Crippen LogP contribution in [0.15, 0.2) is 16.9 Å². The molecule has 1 N–H and O–H groups in total. The second-order valence-electron chi connectivity index (χ2n) is 5.07. The van der Waals surface area contributed by atoms with Crippen molar-refractivity contribution >= 4 is 15.9 Å². The van der Waals surface area contributed by atoms with Crippen molar-refractivity contribution < 1.29 is 0 Å². The van der Waals surface area contributed by atoms with E-state index in [1.807, 2.05) is 17.1 Å². The van der Waals surface area contributed by atoms with Crippen LogP contribution < -0.4 is 5.32 Å². The molecule has 0 amide bonds. The summed E-state index contributed by atoms with van der Waals surface area (Å²) in [4.78, 5) is 0. The van der Waals surface area contributed by atoms with E-state index in [0.717, 1.165) is 35.4 Å². The molecule has 2 fully saturated rings. The van der Waals surface area contributed by atoms with E-state index in [0.29, 0.717) is 0 Å². The quantitative estimate of drug-likeness (QED) is 0.920. The molecule has 3 rings (SSSR count). The highest BCUT2D eigenvalue weighted by molar-refractivity contribution is 9.10. The van der Waals surface area contributed by atoms with Gasteiger partial charge in [0.05, 0.1) is 17.2 Å². The predicted molar refractivity (Wildman–Crippen MR) is 67.2 cm³/mol. The molecule has 3 nitrogen and oxygen atoms in total. The van der Waals surface area contributed by atoms with E-state index < -0.39 is 0 Å². The third kappa shape index (κ3) is 2.33. The number of hydrogen-bond acceptors (Lipinski definition) is 2. The van der Waals surface area contributed by atoms with Gasteiger partial charge in [0.15, 0.2) is 0 Å². The molecule has 2 saturated carbocycles. The summed E-state index contributed by atoms with van der Waals surface area (Å²) >= 11 is 3.41. The highest BCUT2D eigenvalue weighted by atomic mass is 79.9. The van der Waals surface area contributed by atoms with Crippen LogP contribution in [-0.4, -0.2) is 22.4 Å². The highest BCUT2D eigenvalue weighted by Gasteiger charge is 2.44. The summed E-state index contributed by atoms with van der Waals surface area (Å²) in [5, 5.41) is 7.95. The highest BCUT2D eigenvalue weighted by Crippen LogP contribution is 2.49. The first-order chi connectivity index (χ1) is 7.83. The topological polar surface area (TPSA) is 29.9 Å². The summed E-state index contributed by atoms with van der Waals surface area (Å²) in [5.74, 6) is 2.06. The molecule has 0 bridgehead atoms. The van der Waals surface area contributed by atoms with Crippen molar-refractivity contribution in [2.75, 3.05) is 6.54 Å². The second-order valence-corrected chi connectivity index (χ2v) is 5.99. The molecule has 1 unspecified atom stereocenters. The van der Waals surface area contributed by atoms with E-state index in [4.69, 9.17) is 0 Å². The molecule has 2 aliphatic rings. The molecular formula is C12H18BrN3. The maximum absolute atomic E-state index is 4.26. The fourth-order valence-electron chi connectivity index (χ4n) is 2.99. The normalized spacial score (nSPS) is 32.4. The Labute approximate surface area is 105 Å². The Kier molecular flexibility index (Phi) is 3.03. The van der Waals surface area contributed by atoms with Crippen LogP contribution in [0.25, 0.3) is 0 Å². The van der Waals surface area contributed by atoms with Gasteiger partial charge in [0, 0.05) is 18.8 Å². The Balaban J connectivity index is 1.43. The Morgan fingerprint density at radius 1 is 1.50 bits per heavy atom. The SMILES string of the molecule is Brc1cnn(CCNC2CCC[C@@H]3C[C@H]23)c1. The number of halogens is 1. The van der Waals surface area contributed by atoms with E-state index in [9.17, 15) is 0 Å². The lowest BCUT2D eigenvalue weighted by molar-refractivity contribution is 0.346. The van der Waals surface area contributed by atoms with Crippen LogP contribution in [0.3, 0.4) is 0 Å². The summed E-state index contributed by atoms with van der Waals surface area (Å²) in [7, 11) is 0. The Morgan fingerprint density at radius 2 is 2.44 bits per heavy atom. The molecule has 88 valence electrons. The van der Waals surface area contributed by atoms with Crippen molar-refractivity contribution in [2.24, 2.45) is 11.8 Å². The molecule has 2 aliphatic carbocycles. The van der Waals surface area contributed by atoms with Crippen molar-refractivity contribution in [2.45, 2.75) is 38.3 Å². The lowest BCUT2D eigenvalue weighted by atomic mass is 9.95. The van der Waals surface area contributed by atoms with Crippen LogP contribution in [0, 0.1) is 11.8 Å². The fourth-order valence-corrected chi connectivity index (χ4v) is 3.32. The number of nitrogens with zero attached hydrogens (tertiary/aromatic N) is 2. The minimum atomic E-state index is 0.790. The summed E-state index contributed by atoms with van der Waals surface area (Å²) < 4.78 is 3.05. The zero-order valence-corrected chi connectivity index (χ0v) is 11.0. The first-order valence-corrected chi connectivity index (χ1v) is 7.03. The molecule has 0 aliphatic heterocycles. The van der Waals surface area contributed by atoms with Crippen molar-refractivity contribution in [1.82, 2.24) is 15.1 Å². The monoisotopic (exact) mass is 283 g/mol. The predicted octanol–water partition coefficient (Wildman–Crippen LogP) is 2.42. The Hall–Kier alpha value is -0.350. The number of nitrogens with one attached hydrogen (secondary N) is 1. The lowest BCUT2D eigenvalue weighted by Gasteiger charge is -2.22. The Morgan fingerprint density at radius 3 is 3.25 bits per heavy atom. The maximum Gasteiger partial charge on any atom is 0.0632 e. The smallest absolute Gasteiger partial charge is 0.0632 e. The minimum Gasteiger partial charge on any atom is -0.312 e. The van der Waals surface area contributed by atoms with Gasteiger partial charge in [0.25, 0.3) is 0 Å². The summed E-state index contributed by atoms with van der Waals surface area (Å²) in [6, 6.07) is 0.790. The number of hydrogen-bond donors (Lipinski definition) is 1. The van der Waals surface area contributed by atoms with Crippen molar-refractivity contribution in [3.05, 3.63) is 16.9 Å². The molecule has 0 saturated heterocycles. The Bertz CT molecular complexity index is 363. The van der Waals surface area contributed by atoms with Gasteiger partial charge in [0.1, 0.15) is 0 Å². The van der Waals surface area contributed by atoms with Gasteiger partial charge in [-0.15, -0.1) is 0 Å². The van der Waals surface area contributed by atoms with Gasteiger partial charge in [-0.25, -0.2) is 0 Å². The van der Waals surface area contributed by atoms with Crippen LogP contribution >= 0.6 is 15.9 Å². The van der Waals surface area contributed by atoms with Crippen molar-refractivity contribution in [3.8, 4) is 0 Å². The minimum absolute atomic E-state index is 0.790. The lowest BCUT2D eigenvalue weighted by Crippen LogP contribution is -2.35. The molecule has 0 aromatic carbocycles. The molecule has 1 aromatic rings. The summed E-state index contributed by atoms with van der Waals surface area (Å²) in [6.45, 7) is 2.02. The van der Waals surface area contributed by atoms with Gasteiger partial charge in [0.2, 0.25) is 0 Å². The van der Waals surface area contributed by atoms with Crippen molar-refractivity contribution in [1.29, 1.82) is 0 Å². The summed E-state index contributed by atoms with van der Waals surface area (Å²) in [6.07, 6.45) is 9.63.